The second-order valence-corrected chi connectivity index (χ2v) is 4.24. The van der Waals surface area contributed by atoms with Crippen molar-refractivity contribution in [2.45, 2.75) is 26.2 Å². The van der Waals surface area contributed by atoms with Crippen molar-refractivity contribution in [3.05, 3.63) is 29.3 Å². The van der Waals surface area contributed by atoms with Crippen LogP contribution in [-0.2, 0) is 10.5 Å². The zero-order valence-electron chi connectivity index (χ0n) is 8.50. The quantitative estimate of drug-likeness (QED) is 0.743. The highest BCUT2D eigenvalue weighted by Crippen LogP contribution is 2.32. The average molecular weight is 193 g/mol. The number of rotatable bonds is 1. The van der Waals surface area contributed by atoms with Gasteiger partial charge in [0.1, 0.15) is 11.3 Å². The van der Waals surface area contributed by atoms with Crippen LogP contribution in [0.5, 0.6) is 5.75 Å². The number of hydrogen-bond donors (Lipinski definition) is 1. The third-order valence-electron chi connectivity index (χ3n) is 2.06. The van der Waals surface area contributed by atoms with Gasteiger partial charge in [-0.05, 0) is 11.5 Å². The zero-order chi connectivity index (χ0) is 10.9. The Bertz CT molecular complexity index is 361. The average Bonchev–Trinajstić information content (AvgIpc) is 2.01. The summed E-state index contributed by atoms with van der Waals surface area (Å²) in [6.07, 6.45) is 0. The normalized spacial score (nSPS) is 11.4. The number of aromatic hydroxyl groups is 1. The molecule has 0 saturated carbocycles. The molecule has 3 heteroatoms. The summed E-state index contributed by atoms with van der Waals surface area (Å²) in [5.41, 5.74) is 0.173. The van der Waals surface area contributed by atoms with Gasteiger partial charge in [0.15, 0.2) is 0 Å². The fourth-order valence-corrected chi connectivity index (χ4v) is 1.31. The van der Waals surface area contributed by atoms with Crippen molar-refractivity contribution in [1.82, 2.24) is 0 Å². The molecule has 0 saturated heterocycles. The number of para-hydroxylation sites is 1. The first kappa shape index (κ1) is 10.6. The van der Waals surface area contributed by atoms with E-state index in [9.17, 15) is 15.0 Å². The van der Waals surface area contributed by atoms with Crippen molar-refractivity contribution in [2.75, 3.05) is 0 Å². The Kier molecular flexibility index (Phi) is 2.51. The molecule has 0 atom stereocenters. The smallest absolute Gasteiger partial charge is 0.390 e. The Labute approximate surface area is 83.0 Å². The van der Waals surface area contributed by atoms with Crippen molar-refractivity contribution in [3.63, 3.8) is 0 Å². The highest BCUT2D eigenvalue weighted by molar-refractivity contribution is 5.91. The van der Waals surface area contributed by atoms with Crippen LogP contribution in [0.3, 0.4) is 0 Å². The zero-order valence-corrected chi connectivity index (χ0v) is 8.50. The highest BCUT2D eigenvalue weighted by Gasteiger charge is 2.22. The monoisotopic (exact) mass is 193 g/mol. The standard InChI is InChI=1S/C11H13O3/c1-11(2,3)8-6-4-5-7(9(8)12)10(13)14/h4-6,12H,1-3H3. The van der Waals surface area contributed by atoms with Crippen molar-refractivity contribution in [1.29, 1.82) is 0 Å². The van der Waals surface area contributed by atoms with Crippen LogP contribution in [0.25, 0.3) is 0 Å². The summed E-state index contributed by atoms with van der Waals surface area (Å²) >= 11 is 0. The first-order valence-electron chi connectivity index (χ1n) is 4.38. The van der Waals surface area contributed by atoms with Gasteiger partial charge in [0.05, 0.1) is 0 Å². The maximum Gasteiger partial charge on any atom is 0.390 e. The molecule has 1 radical (unpaired) electrons. The molecule has 0 amide bonds. The van der Waals surface area contributed by atoms with E-state index in [2.05, 4.69) is 0 Å². The number of hydrogen-bond acceptors (Lipinski definition) is 2. The number of benzene rings is 1. The van der Waals surface area contributed by atoms with Gasteiger partial charge in [-0.15, -0.1) is 0 Å². The fraction of sp³-hybridized carbons (Fsp3) is 0.364. The lowest BCUT2D eigenvalue weighted by Crippen LogP contribution is -2.12. The molecule has 1 N–H and O–H groups in total. The molecule has 1 aromatic carbocycles. The molecular weight excluding hydrogens is 180 g/mol. The molecule has 0 aliphatic rings. The van der Waals surface area contributed by atoms with Crippen LogP contribution in [0.1, 0.15) is 36.7 Å². The van der Waals surface area contributed by atoms with Crippen LogP contribution in [0.2, 0.25) is 0 Å². The molecule has 1 rings (SSSR count). The number of carbonyl (C=O) groups excluding carboxylic acids is 1. The van der Waals surface area contributed by atoms with Gasteiger partial charge in [-0.25, -0.2) is 9.90 Å². The van der Waals surface area contributed by atoms with Gasteiger partial charge >= 0.3 is 5.97 Å². The lowest BCUT2D eigenvalue weighted by molar-refractivity contribution is 0.0569. The van der Waals surface area contributed by atoms with E-state index in [-0.39, 0.29) is 16.7 Å². The third kappa shape index (κ3) is 1.87. The molecule has 0 aliphatic heterocycles. The Morgan fingerprint density at radius 1 is 1.29 bits per heavy atom. The lowest BCUT2D eigenvalue weighted by Gasteiger charge is -2.20. The van der Waals surface area contributed by atoms with Gasteiger partial charge in [0, 0.05) is 5.56 Å². The van der Waals surface area contributed by atoms with Crippen molar-refractivity contribution in [2.24, 2.45) is 0 Å². The van der Waals surface area contributed by atoms with Crippen LogP contribution in [0.4, 0.5) is 0 Å². The van der Waals surface area contributed by atoms with E-state index in [0.717, 1.165) is 0 Å². The fourth-order valence-electron chi connectivity index (χ4n) is 1.31. The van der Waals surface area contributed by atoms with Crippen LogP contribution >= 0.6 is 0 Å². The largest absolute Gasteiger partial charge is 0.507 e. The van der Waals surface area contributed by atoms with Crippen LogP contribution in [-0.4, -0.2) is 11.1 Å². The molecule has 14 heavy (non-hydrogen) atoms. The summed E-state index contributed by atoms with van der Waals surface area (Å²) in [5, 5.41) is 20.3. The molecule has 1 aromatic rings. The van der Waals surface area contributed by atoms with Gasteiger partial charge in [0.25, 0.3) is 0 Å². The maximum absolute atomic E-state index is 10.6. The second-order valence-electron chi connectivity index (χ2n) is 4.24. The topological polar surface area (TPSA) is 57.2 Å². The van der Waals surface area contributed by atoms with Crippen LogP contribution in [0.15, 0.2) is 18.2 Å². The number of phenols is 1. The molecular formula is C11H13O3. The molecule has 0 heterocycles. The minimum atomic E-state index is -1.35. The van der Waals surface area contributed by atoms with E-state index in [0.29, 0.717) is 5.56 Å². The summed E-state index contributed by atoms with van der Waals surface area (Å²) in [5.74, 6) is -1.55. The summed E-state index contributed by atoms with van der Waals surface area (Å²) in [6, 6.07) is 4.65. The van der Waals surface area contributed by atoms with Gasteiger partial charge < -0.3 is 5.11 Å². The lowest BCUT2D eigenvalue weighted by atomic mass is 9.85. The van der Waals surface area contributed by atoms with E-state index in [4.69, 9.17) is 0 Å². The van der Waals surface area contributed by atoms with E-state index >= 15 is 0 Å². The highest BCUT2D eigenvalue weighted by atomic mass is 16.4. The predicted octanol–water partition coefficient (Wildman–Crippen LogP) is 2.26. The van der Waals surface area contributed by atoms with Gasteiger partial charge in [-0.2, -0.15) is 0 Å². The number of phenolic OH excluding ortho intramolecular Hbond substituents is 1. The Hall–Kier alpha value is -1.51. The summed E-state index contributed by atoms with van der Waals surface area (Å²) in [4.78, 5) is 10.6. The molecule has 75 valence electrons. The Morgan fingerprint density at radius 3 is 2.29 bits per heavy atom. The molecule has 0 unspecified atom stereocenters. The minimum absolute atomic E-state index is 0.155. The first-order chi connectivity index (χ1) is 6.34. The summed E-state index contributed by atoms with van der Waals surface area (Å²) in [6.45, 7) is 5.71. The SMILES string of the molecule is CC(C)(C)c1cccc(C([O])=O)c1O. The van der Waals surface area contributed by atoms with Crippen LogP contribution in [0, 0.1) is 0 Å². The van der Waals surface area contributed by atoms with E-state index in [1.807, 2.05) is 20.8 Å². The summed E-state index contributed by atoms with van der Waals surface area (Å²) in [7, 11) is 0. The Morgan fingerprint density at radius 2 is 1.86 bits per heavy atom. The predicted molar refractivity (Wildman–Crippen MR) is 51.8 cm³/mol. The van der Waals surface area contributed by atoms with Crippen molar-refractivity contribution in [3.8, 4) is 5.75 Å². The molecule has 0 bridgehead atoms. The molecule has 0 aliphatic carbocycles. The van der Waals surface area contributed by atoms with E-state index < -0.39 is 5.97 Å². The van der Waals surface area contributed by atoms with Crippen LogP contribution < -0.4 is 0 Å². The summed E-state index contributed by atoms with van der Waals surface area (Å²) < 4.78 is 0. The van der Waals surface area contributed by atoms with E-state index in [1.54, 1.807) is 12.1 Å². The van der Waals surface area contributed by atoms with Crippen molar-refractivity contribution < 1.29 is 15.0 Å². The molecule has 0 aromatic heterocycles. The van der Waals surface area contributed by atoms with E-state index in [1.165, 1.54) is 6.07 Å². The molecule has 0 spiro atoms. The van der Waals surface area contributed by atoms with Crippen molar-refractivity contribution >= 4 is 5.97 Å². The third-order valence-corrected chi connectivity index (χ3v) is 2.06. The Balaban J connectivity index is 3.35. The first-order valence-corrected chi connectivity index (χ1v) is 4.38. The number of carbonyl (C=O) groups is 1. The maximum atomic E-state index is 10.6. The van der Waals surface area contributed by atoms with Gasteiger partial charge in [-0.1, -0.05) is 32.9 Å². The van der Waals surface area contributed by atoms with Gasteiger partial charge in [-0.3, -0.25) is 0 Å². The minimum Gasteiger partial charge on any atom is -0.507 e. The molecule has 0 fully saturated rings. The van der Waals surface area contributed by atoms with Gasteiger partial charge in [0.2, 0.25) is 0 Å². The molecule has 3 nitrogen and oxygen atoms in total. The second kappa shape index (κ2) is 3.33.